The number of halogens is 1. The third kappa shape index (κ3) is 3.88. The second-order valence-electron chi connectivity index (χ2n) is 0.597. The van der Waals surface area contributed by atoms with Crippen LogP contribution in [0, 0.1) is 4.91 Å². The summed E-state index contributed by atoms with van der Waals surface area (Å²) in [6.07, 6.45) is 0. The Hall–Kier alpha value is -0.120. The number of hydrogen-bond acceptors (Lipinski definition) is 3. The van der Waals surface area contributed by atoms with Crippen LogP contribution in [0.15, 0.2) is 5.34 Å². The van der Waals surface area contributed by atoms with Crippen molar-refractivity contribution in [1.82, 2.24) is 0 Å². The van der Waals surface area contributed by atoms with Crippen molar-refractivity contribution in [2.45, 2.75) is 0 Å². The van der Waals surface area contributed by atoms with Gasteiger partial charge in [0, 0.05) is 5.33 Å². The third-order valence-corrected chi connectivity index (χ3v) is 0.545. The molecule has 3 nitrogen and oxygen atoms in total. The molecule has 0 amide bonds. The summed E-state index contributed by atoms with van der Waals surface area (Å²) in [5, 5.41) is 2.80. The maximum Gasteiger partial charge on any atom is 0.155 e. The molecule has 0 aliphatic heterocycles. The normalized spacial score (nSPS) is 7.50. The average molecular weight is 154 g/mol. The first-order chi connectivity index (χ1) is 2.91. The van der Waals surface area contributed by atoms with Gasteiger partial charge in [-0.2, -0.15) is 0 Å². The van der Waals surface area contributed by atoms with Gasteiger partial charge in [-0.15, -0.1) is 4.91 Å². The molecule has 0 saturated carbocycles. The Morgan fingerprint density at radius 3 is 2.67 bits per heavy atom. The molecule has 0 bridgehead atoms. The molecule has 0 heterocycles. The predicted octanol–water partition coefficient (Wildman–Crippen LogP) is 1.08. The zero-order valence-electron chi connectivity index (χ0n) is 3.06. The van der Waals surface area contributed by atoms with Gasteiger partial charge in [0.05, 0.1) is 0 Å². The molecular weight excluding hydrogens is 150 g/mol. The molecular formula is C2H4BrNO2. The van der Waals surface area contributed by atoms with E-state index in [4.69, 9.17) is 4.91 Å². The fourth-order valence-electron chi connectivity index (χ4n) is 0.0718. The molecule has 0 saturated heterocycles. The standard InChI is InChI=1S/C2H4BrNO2/c3-1-2-6-4-5/h1-2H2. The van der Waals surface area contributed by atoms with E-state index in [1.165, 1.54) is 0 Å². The Morgan fingerprint density at radius 2 is 2.50 bits per heavy atom. The highest BCUT2D eigenvalue weighted by Crippen LogP contribution is 1.79. The number of rotatable bonds is 3. The van der Waals surface area contributed by atoms with Crippen LogP contribution in [0.25, 0.3) is 0 Å². The van der Waals surface area contributed by atoms with E-state index >= 15 is 0 Å². The summed E-state index contributed by atoms with van der Waals surface area (Å²) < 4.78 is 0. The monoisotopic (exact) mass is 153 g/mol. The molecule has 0 radical (unpaired) electrons. The Labute approximate surface area is 43.7 Å². The number of alkyl halides is 1. The topological polar surface area (TPSA) is 38.7 Å². The van der Waals surface area contributed by atoms with E-state index in [2.05, 4.69) is 26.1 Å². The summed E-state index contributed by atoms with van der Waals surface area (Å²) in [5.74, 6) is 0. The lowest BCUT2D eigenvalue weighted by molar-refractivity contribution is 0.157. The summed E-state index contributed by atoms with van der Waals surface area (Å²) in [4.78, 5) is 13.1. The van der Waals surface area contributed by atoms with Crippen LogP contribution in [0.2, 0.25) is 0 Å². The molecule has 0 aliphatic carbocycles. The fraction of sp³-hybridized carbons (Fsp3) is 1.00. The minimum atomic E-state index is 0.351. The van der Waals surface area contributed by atoms with Gasteiger partial charge in [-0.1, -0.05) is 15.9 Å². The number of nitrogens with zero attached hydrogens (tertiary/aromatic N) is 1. The van der Waals surface area contributed by atoms with E-state index < -0.39 is 0 Å². The van der Waals surface area contributed by atoms with Crippen molar-refractivity contribution in [3.63, 3.8) is 0 Å². The quantitative estimate of drug-likeness (QED) is 0.264. The summed E-state index contributed by atoms with van der Waals surface area (Å²) in [6, 6.07) is 0. The molecule has 4 heteroatoms. The van der Waals surface area contributed by atoms with Gasteiger partial charge in [0.2, 0.25) is 0 Å². The molecule has 36 valence electrons. The van der Waals surface area contributed by atoms with Gasteiger partial charge in [0.1, 0.15) is 6.61 Å². The van der Waals surface area contributed by atoms with Crippen LogP contribution in [0.3, 0.4) is 0 Å². The minimum Gasteiger partial charge on any atom is -0.363 e. The van der Waals surface area contributed by atoms with Crippen LogP contribution in [0.5, 0.6) is 0 Å². The van der Waals surface area contributed by atoms with E-state index in [0.717, 1.165) is 0 Å². The Bertz CT molecular complexity index is 40.5. The highest BCUT2D eigenvalue weighted by atomic mass is 79.9. The van der Waals surface area contributed by atoms with Crippen molar-refractivity contribution >= 4 is 15.9 Å². The third-order valence-electron chi connectivity index (χ3n) is 0.221. The van der Waals surface area contributed by atoms with E-state index in [1.807, 2.05) is 0 Å². The smallest absolute Gasteiger partial charge is 0.155 e. The van der Waals surface area contributed by atoms with Gasteiger partial charge in [-0.05, 0) is 0 Å². The molecule has 0 fully saturated rings. The van der Waals surface area contributed by atoms with Gasteiger partial charge in [0.15, 0.2) is 5.34 Å². The Balaban J connectivity index is 2.49. The highest BCUT2D eigenvalue weighted by Gasteiger charge is 1.74. The van der Waals surface area contributed by atoms with Gasteiger partial charge in [-0.25, -0.2) is 0 Å². The van der Waals surface area contributed by atoms with Crippen LogP contribution in [0.1, 0.15) is 0 Å². The summed E-state index contributed by atoms with van der Waals surface area (Å²) in [7, 11) is 0. The maximum atomic E-state index is 9.07. The van der Waals surface area contributed by atoms with Crippen molar-refractivity contribution in [3.8, 4) is 0 Å². The molecule has 6 heavy (non-hydrogen) atoms. The first-order valence-electron chi connectivity index (χ1n) is 1.42. The first kappa shape index (κ1) is 5.88. The summed E-state index contributed by atoms with van der Waals surface area (Å²) in [5.41, 5.74) is 0. The van der Waals surface area contributed by atoms with Crippen molar-refractivity contribution in [2.24, 2.45) is 5.34 Å². The molecule has 0 aromatic rings. The molecule has 0 aromatic heterocycles. The minimum absolute atomic E-state index is 0.351. The Morgan fingerprint density at radius 1 is 1.83 bits per heavy atom. The van der Waals surface area contributed by atoms with Crippen LogP contribution in [0.4, 0.5) is 0 Å². The second kappa shape index (κ2) is 4.88. The van der Waals surface area contributed by atoms with Crippen LogP contribution < -0.4 is 0 Å². The molecule has 0 unspecified atom stereocenters. The molecule has 0 aromatic carbocycles. The van der Waals surface area contributed by atoms with Crippen molar-refractivity contribution in [1.29, 1.82) is 0 Å². The van der Waals surface area contributed by atoms with Crippen molar-refractivity contribution in [2.75, 3.05) is 11.9 Å². The van der Waals surface area contributed by atoms with Crippen molar-refractivity contribution < 1.29 is 4.84 Å². The van der Waals surface area contributed by atoms with Gasteiger partial charge < -0.3 is 4.84 Å². The SMILES string of the molecule is O=NOCCBr. The largest absolute Gasteiger partial charge is 0.363 e. The lowest BCUT2D eigenvalue weighted by atomic mass is 10.9. The van der Waals surface area contributed by atoms with Crippen LogP contribution in [-0.2, 0) is 4.84 Å². The zero-order valence-corrected chi connectivity index (χ0v) is 4.64. The summed E-state index contributed by atoms with van der Waals surface area (Å²) in [6.45, 7) is 0.351. The number of hydrogen-bond donors (Lipinski definition) is 0. The molecule has 0 rings (SSSR count). The van der Waals surface area contributed by atoms with Crippen molar-refractivity contribution in [3.05, 3.63) is 4.91 Å². The van der Waals surface area contributed by atoms with Gasteiger partial charge in [-0.3, -0.25) is 0 Å². The molecule has 0 N–H and O–H groups in total. The lowest BCUT2D eigenvalue weighted by Gasteiger charge is -1.82. The van der Waals surface area contributed by atoms with Gasteiger partial charge >= 0.3 is 0 Å². The lowest BCUT2D eigenvalue weighted by Crippen LogP contribution is -1.83. The highest BCUT2D eigenvalue weighted by molar-refractivity contribution is 9.09. The average Bonchev–Trinajstić information content (AvgIpc) is 1.61. The maximum absolute atomic E-state index is 9.07. The summed E-state index contributed by atoms with van der Waals surface area (Å²) >= 11 is 3.03. The van der Waals surface area contributed by atoms with E-state index in [-0.39, 0.29) is 0 Å². The van der Waals surface area contributed by atoms with E-state index in [0.29, 0.717) is 11.9 Å². The molecule has 0 atom stereocenters. The van der Waals surface area contributed by atoms with E-state index in [1.54, 1.807) is 0 Å². The zero-order chi connectivity index (χ0) is 4.83. The fourth-order valence-corrected chi connectivity index (χ4v) is 0.217. The van der Waals surface area contributed by atoms with Crippen LogP contribution >= 0.6 is 15.9 Å². The predicted molar refractivity (Wildman–Crippen MR) is 25.5 cm³/mol. The van der Waals surface area contributed by atoms with E-state index in [9.17, 15) is 0 Å². The molecule has 0 spiro atoms. The first-order valence-corrected chi connectivity index (χ1v) is 2.54. The van der Waals surface area contributed by atoms with Crippen LogP contribution in [-0.4, -0.2) is 11.9 Å². The second-order valence-corrected chi connectivity index (χ2v) is 1.39. The molecule has 0 aliphatic rings. The Kier molecular flexibility index (Phi) is 4.78. The van der Waals surface area contributed by atoms with Gasteiger partial charge in [0.25, 0.3) is 0 Å².